The molecule has 3 N–H and O–H groups in total. The van der Waals surface area contributed by atoms with Gasteiger partial charge in [0.2, 0.25) is 0 Å². The van der Waals surface area contributed by atoms with Gasteiger partial charge in [-0.3, -0.25) is 4.79 Å². The zero-order valence-corrected chi connectivity index (χ0v) is 11.4. The molecule has 3 nitrogen and oxygen atoms in total. The van der Waals surface area contributed by atoms with Crippen LogP contribution < -0.4 is 11.1 Å². The fourth-order valence-electron chi connectivity index (χ4n) is 1.25. The van der Waals surface area contributed by atoms with E-state index in [4.69, 9.17) is 5.73 Å². The third kappa shape index (κ3) is 5.20. The molecule has 1 atom stereocenters. The molecule has 0 spiro atoms. The molecule has 0 unspecified atom stereocenters. The van der Waals surface area contributed by atoms with Crippen molar-refractivity contribution in [2.75, 3.05) is 6.54 Å². The van der Waals surface area contributed by atoms with Gasteiger partial charge in [-0.15, -0.1) is 12.4 Å². The van der Waals surface area contributed by atoms with Crippen LogP contribution in [0.15, 0.2) is 24.3 Å². The van der Waals surface area contributed by atoms with Crippen LogP contribution in [0.1, 0.15) is 29.8 Å². The molecule has 0 heterocycles. The summed E-state index contributed by atoms with van der Waals surface area (Å²) < 4.78 is 0. The zero-order valence-electron chi connectivity index (χ0n) is 10.6. The summed E-state index contributed by atoms with van der Waals surface area (Å²) in [6, 6.07) is 7.51. The highest BCUT2D eigenvalue weighted by Crippen LogP contribution is 2.03. The van der Waals surface area contributed by atoms with Gasteiger partial charge >= 0.3 is 0 Å². The minimum Gasteiger partial charge on any atom is -0.350 e. The number of carbonyl (C=O) groups is 1. The Bertz CT molecular complexity index is 349. The molecule has 0 aromatic heterocycles. The van der Waals surface area contributed by atoms with Crippen molar-refractivity contribution in [3.8, 4) is 0 Å². The Morgan fingerprint density at radius 1 is 1.29 bits per heavy atom. The first-order valence-electron chi connectivity index (χ1n) is 5.61. The lowest BCUT2D eigenvalue weighted by Crippen LogP contribution is -2.40. The molecular formula is C13H21ClN2O. The van der Waals surface area contributed by atoms with Crippen molar-refractivity contribution in [2.24, 2.45) is 11.7 Å². The van der Waals surface area contributed by atoms with E-state index in [9.17, 15) is 4.79 Å². The van der Waals surface area contributed by atoms with Gasteiger partial charge in [0.15, 0.2) is 0 Å². The van der Waals surface area contributed by atoms with Gasteiger partial charge < -0.3 is 11.1 Å². The Kier molecular flexibility index (Phi) is 6.85. The van der Waals surface area contributed by atoms with Gasteiger partial charge in [-0.05, 0) is 25.0 Å². The van der Waals surface area contributed by atoms with Crippen LogP contribution in [0.25, 0.3) is 0 Å². The lowest BCUT2D eigenvalue weighted by Gasteiger charge is -2.16. The fourth-order valence-corrected chi connectivity index (χ4v) is 1.25. The Morgan fingerprint density at radius 3 is 2.29 bits per heavy atom. The molecule has 1 rings (SSSR count). The second-order valence-corrected chi connectivity index (χ2v) is 4.48. The molecule has 0 aliphatic carbocycles. The van der Waals surface area contributed by atoms with Crippen molar-refractivity contribution in [2.45, 2.75) is 26.8 Å². The van der Waals surface area contributed by atoms with Crippen LogP contribution in [0.2, 0.25) is 0 Å². The van der Waals surface area contributed by atoms with Crippen molar-refractivity contribution >= 4 is 18.3 Å². The van der Waals surface area contributed by atoms with E-state index in [1.54, 1.807) is 0 Å². The summed E-state index contributed by atoms with van der Waals surface area (Å²) in [6.07, 6.45) is 0. The van der Waals surface area contributed by atoms with E-state index in [0.717, 1.165) is 5.56 Å². The molecule has 0 saturated carbocycles. The van der Waals surface area contributed by atoms with E-state index in [-0.39, 0.29) is 24.4 Å². The van der Waals surface area contributed by atoms with Crippen molar-refractivity contribution in [3.63, 3.8) is 0 Å². The third-order valence-corrected chi connectivity index (χ3v) is 2.67. The van der Waals surface area contributed by atoms with E-state index in [1.165, 1.54) is 0 Å². The molecule has 1 aromatic rings. The number of amides is 1. The molecule has 1 aromatic carbocycles. The fraction of sp³-hybridized carbons (Fsp3) is 0.462. The Balaban J connectivity index is 0.00000256. The smallest absolute Gasteiger partial charge is 0.251 e. The van der Waals surface area contributed by atoms with Crippen LogP contribution in [-0.2, 0) is 0 Å². The molecule has 0 aliphatic heterocycles. The van der Waals surface area contributed by atoms with Gasteiger partial charge in [0.25, 0.3) is 5.91 Å². The lowest BCUT2D eigenvalue weighted by atomic mass is 10.1. The van der Waals surface area contributed by atoms with E-state index in [0.29, 0.717) is 18.0 Å². The Morgan fingerprint density at radius 2 is 1.82 bits per heavy atom. The van der Waals surface area contributed by atoms with E-state index < -0.39 is 0 Å². The topological polar surface area (TPSA) is 55.1 Å². The van der Waals surface area contributed by atoms with Crippen LogP contribution in [-0.4, -0.2) is 18.5 Å². The quantitative estimate of drug-likeness (QED) is 0.867. The number of aryl methyl sites for hydroxylation is 1. The molecule has 0 aliphatic rings. The van der Waals surface area contributed by atoms with Crippen molar-refractivity contribution in [1.82, 2.24) is 5.32 Å². The van der Waals surface area contributed by atoms with Gasteiger partial charge in [0.1, 0.15) is 0 Å². The van der Waals surface area contributed by atoms with Crippen LogP contribution in [0, 0.1) is 12.8 Å². The SMILES string of the molecule is Cc1ccc(C(=O)NC[C@H](N)C(C)C)cc1.Cl. The van der Waals surface area contributed by atoms with Crippen LogP contribution >= 0.6 is 12.4 Å². The van der Waals surface area contributed by atoms with Crippen LogP contribution in [0.4, 0.5) is 0 Å². The maximum Gasteiger partial charge on any atom is 0.251 e. The number of halogens is 1. The summed E-state index contributed by atoms with van der Waals surface area (Å²) >= 11 is 0. The molecule has 0 radical (unpaired) electrons. The molecular weight excluding hydrogens is 236 g/mol. The van der Waals surface area contributed by atoms with Gasteiger partial charge in [0, 0.05) is 18.2 Å². The minimum atomic E-state index is -0.0592. The van der Waals surface area contributed by atoms with Crippen molar-refractivity contribution in [1.29, 1.82) is 0 Å². The second kappa shape index (κ2) is 7.30. The molecule has 1 amide bonds. The lowest BCUT2D eigenvalue weighted by molar-refractivity contribution is 0.0949. The number of hydrogen-bond acceptors (Lipinski definition) is 2. The molecule has 96 valence electrons. The molecule has 0 saturated heterocycles. The first kappa shape index (κ1) is 15.9. The second-order valence-electron chi connectivity index (χ2n) is 4.48. The molecule has 4 heteroatoms. The van der Waals surface area contributed by atoms with Gasteiger partial charge in [0.05, 0.1) is 0 Å². The van der Waals surface area contributed by atoms with E-state index >= 15 is 0 Å². The predicted molar refractivity (Wildman–Crippen MR) is 73.6 cm³/mol. The van der Waals surface area contributed by atoms with E-state index in [2.05, 4.69) is 5.32 Å². The summed E-state index contributed by atoms with van der Waals surface area (Å²) in [5.74, 6) is 0.314. The third-order valence-electron chi connectivity index (χ3n) is 2.67. The maximum atomic E-state index is 11.7. The highest BCUT2D eigenvalue weighted by atomic mass is 35.5. The summed E-state index contributed by atoms with van der Waals surface area (Å²) in [5, 5.41) is 2.84. The number of nitrogens with two attached hydrogens (primary N) is 1. The van der Waals surface area contributed by atoms with Crippen LogP contribution in [0.3, 0.4) is 0 Å². The van der Waals surface area contributed by atoms with Crippen LogP contribution in [0.5, 0.6) is 0 Å². The Hall–Kier alpha value is -1.06. The van der Waals surface area contributed by atoms with Gasteiger partial charge in [-0.1, -0.05) is 31.5 Å². The number of rotatable bonds is 4. The normalized spacial score (nSPS) is 11.8. The molecule has 17 heavy (non-hydrogen) atoms. The zero-order chi connectivity index (χ0) is 12.1. The number of hydrogen-bond donors (Lipinski definition) is 2. The summed E-state index contributed by atoms with van der Waals surface area (Å²) in [6.45, 7) is 6.60. The largest absolute Gasteiger partial charge is 0.350 e. The van der Waals surface area contributed by atoms with Gasteiger partial charge in [-0.25, -0.2) is 0 Å². The molecule has 0 fully saturated rings. The number of nitrogens with one attached hydrogen (secondary N) is 1. The highest BCUT2D eigenvalue weighted by molar-refractivity contribution is 5.94. The maximum absolute atomic E-state index is 11.7. The van der Waals surface area contributed by atoms with E-state index in [1.807, 2.05) is 45.0 Å². The number of benzene rings is 1. The summed E-state index contributed by atoms with van der Waals surface area (Å²) in [7, 11) is 0. The first-order chi connectivity index (χ1) is 7.50. The highest BCUT2D eigenvalue weighted by Gasteiger charge is 2.10. The van der Waals surface area contributed by atoms with Gasteiger partial charge in [-0.2, -0.15) is 0 Å². The minimum absolute atomic E-state index is 0. The molecule has 0 bridgehead atoms. The first-order valence-corrected chi connectivity index (χ1v) is 5.61. The van der Waals surface area contributed by atoms with Crippen molar-refractivity contribution < 1.29 is 4.79 Å². The van der Waals surface area contributed by atoms with Crippen molar-refractivity contribution in [3.05, 3.63) is 35.4 Å². The monoisotopic (exact) mass is 256 g/mol. The average molecular weight is 257 g/mol. The standard InChI is InChI=1S/C13H20N2O.ClH/c1-9(2)12(14)8-15-13(16)11-6-4-10(3)5-7-11;/h4-7,9,12H,8,14H2,1-3H3,(H,15,16);1H/t12-;/m0./s1. The number of carbonyl (C=O) groups excluding carboxylic acids is 1. The summed E-state index contributed by atoms with van der Waals surface area (Å²) in [4.78, 5) is 11.7. The summed E-state index contributed by atoms with van der Waals surface area (Å²) in [5.41, 5.74) is 7.68. The predicted octanol–water partition coefficient (Wildman–Crippen LogP) is 2.13. The Labute approximate surface area is 109 Å². The average Bonchev–Trinajstić information content (AvgIpc) is 2.26.